The molecule has 1 saturated heterocycles. The predicted octanol–water partition coefficient (Wildman–Crippen LogP) is 2.53. The van der Waals surface area contributed by atoms with Crippen molar-refractivity contribution in [2.24, 2.45) is 5.92 Å². The zero-order valence-electron chi connectivity index (χ0n) is 12.1. The van der Waals surface area contributed by atoms with Gasteiger partial charge in [-0.25, -0.2) is 4.68 Å². The zero-order valence-corrected chi connectivity index (χ0v) is 12.1. The molecule has 2 aliphatic rings. The molecule has 2 unspecified atom stereocenters. The van der Waals surface area contributed by atoms with Crippen LogP contribution in [0.3, 0.4) is 0 Å². The highest BCUT2D eigenvalue weighted by molar-refractivity contribution is 5.33. The number of hydrogen-bond acceptors (Lipinski definition) is 3. The molecule has 2 atom stereocenters. The zero-order chi connectivity index (χ0) is 14.1. The number of hydrogen-bond donors (Lipinski definition) is 1. The van der Waals surface area contributed by atoms with Gasteiger partial charge in [0.25, 0.3) is 0 Å². The fraction of sp³-hybridized carbons (Fsp3) is 0.471. The van der Waals surface area contributed by atoms with Crippen molar-refractivity contribution in [3.05, 3.63) is 48.3 Å². The van der Waals surface area contributed by atoms with Crippen molar-refractivity contribution in [2.75, 3.05) is 6.61 Å². The van der Waals surface area contributed by atoms with Gasteiger partial charge >= 0.3 is 0 Å². The van der Waals surface area contributed by atoms with E-state index >= 15 is 0 Å². The molecule has 2 fully saturated rings. The van der Waals surface area contributed by atoms with Crippen LogP contribution in [-0.4, -0.2) is 28.5 Å². The summed E-state index contributed by atoms with van der Waals surface area (Å²) >= 11 is 0. The van der Waals surface area contributed by atoms with Crippen LogP contribution in [0, 0.1) is 5.92 Å². The van der Waals surface area contributed by atoms with E-state index < -0.39 is 0 Å². The minimum absolute atomic E-state index is 0.452. The van der Waals surface area contributed by atoms with E-state index in [0.29, 0.717) is 12.1 Å². The lowest BCUT2D eigenvalue weighted by Crippen LogP contribution is -2.37. The first-order valence-corrected chi connectivity index (χ1v) is 7.84. The van der Waals surface area contributed by atoms with Crippen LogP contribution >= 0.6 is 0 Å². The minimum atomic E-state index is 0.452. The van der Waals surface area contributed by atoms with Gasteiger partial charge in [-0.15, -0.1) is 0 Å². The highest BCUT2D eigenvalue weighted by atomic mass is 16.5. The number of nitrogens with one attached hydrogen (secondary N) is 1. The molecule has 4 rings (SSSR count). The quantitative estimate of drug-likeness (QED) is 0.916. The van der Waals surface area contributed by atoms with Gasteiger partial charge in [-0.05, 0) is 48.9 Å². The van der Waals surface area contributed by atoms with Gasteiger partial charge in [-0.3, -0.25) is 0 Å². The Bertz CT molecular complexity index is 575. The van der Waals surface area contributed by atoms with Gasteiger partial charge in [0.1, 0.15) is 0 Å². The molecule has 0 radical (unpaired) electrons. The molecule has 1 aliphatic carbocycles. The van der Waals surface area contributed by atoms with Crippen LogP contribution in [0.5, 0.6) is 0 Å². The average Bonchev–Trinajstić information content (AvgIpc) is 3.04. The lowest BCUT2D eigenvalue weighted by Gasteiger charge is -2.19. The van der Waals surface area contributed by atoms with Gasteiger partial charge < -0.3 is 10.1 Å². The molecule has 4 heteroatoms. The van der Waals surface area contributed by atoms with Gasteiger partial charge in [0.05, 0.1) is 11.8 Å². The van der Waals surface area contributed by atoms with Crippen molar-refractivity contribution in [1.29, 1.82) is 0 Å². The summed E-state index contributed by atoms with van der Waals surface area (Å²) in [7, 11) is 0. The molecule has 2 aromatic rings. The summed E-state index contributed by atoms with van der Waals surface area (Å²) in [5, 5.41) is 7.92. The second-order valence-corrected chi connectivity index (χ2v) is 6.07. The Kier molecular flexibility index (Phi) is 3.49. The SMILES string of the molecule is c1cnn(-c2ccc(CNC3CCOC3C3CC3)cc2)c1. The first-order chi connectivity index (χ1) is 10.4. The monoisotopic (exact) mass is 283 g/mol. The molecule has 1 aromatic carbocycles. The van der Waals surface area contributed by atoms with E-state index in [9.17, 15) is 0 Å². The normalized spacial score (nSPS) is 25.3. The molecule has 1 saturated carbocycles. The summed E-state index contributed by atoms with van der Waals surface area (Å²) in [5.41, 5.74) is 2.41. The van der Waals surface area contributed by atoms with E-state index in [1.807, 2.05) is 16.9 Å². The summed E-state index contributed by atoms with van der Waals surface area (Å²) in [5.74, 6) is 0.812. The topological polar surface area (TPSA) is 39.1 Å². The van der Waals surface area contributed by atoms with E-state index in [0.717, 1.165) is 31.2 Å². The van der Waals surface area contributed by atoms with E-state index in [-0.39, 0.29) is 0 Å². The summed E-state index contributed by atoms with van der Waals surface area (Å²) in [6.45, 7) is 1.83. The first-order valence-electron chi connectivity index (χ1n) is 7.84. The van der Waals surface area contributed by atoms with Crippen LogP contribution in [0.2, 0.25) is 0 Å². The van der Waals surface area contributed by atoms with Crippen LogP contribution in [0.1, 0.15) is 24.8 Å². The lowest BCUT2D eigenvalue weighted by atomic mass is 10.1. The van der Waals surface area contributed by atoms with Gasteiger partial charge in [0.2, 0.25) is 0 Å². The third-order valence-corrected chi connectivity index (χ3v) is 4.50. The fourth-order valence-electron chi connectivity index (χ4n) is 3.16. The standard InChI is InChI=1S/C17H21N3O/c1-9-19-20(10-1)15-6-2-13(3-7-15)12-18-16-8-11-21-17(16)14-4-5-14/h1-3,6-7,9-10,14,16-18H,4-5,8,11-12H2. The largest absolute Gasteiger partial charge is 0.376 e. The van der Waals surface area contributed by atoms with Gasteiger partial charge in [0, 0.05) is 31.6 Å². The molecular formula is C17H21N3O. The van der Waals surface area contributed by atoms with Crippen molar-refractivity contribution in [1.82, 2.24) is 15.1 Å². The van der Waals surface area contributed by atoms with Crippen LogP contribution in [0.4, 0.5) is 0 Å². The maximum Gasteiger partial charge on any atom is 0.0757 e. The predicted molar refractivity (Wildman–Crippen MR) is 81.3 cm³/mol. The number of benzene rings is 1. The molecular weight excluding hydrogens is 262 g/mol. The number of rotatable bonds is 5. The Hall–Kier alpha value is -1.65. The van der Waals surface area contributed by atoms with E-state index in [2.05, 4.69) is 34.7 Å². The van der Waals surface area contributed by atoms with E-state index in [4.69, 9.17) is 4.74 Å². The van der Waals surface area contributed by atoms with Crippen molar-refractivity contribution in [3.8, 4) is 5.69 Å². The smallest absolute Gasteiger partial charge is 0.0757 e. The van der Waals surface area contributed by atoms with Crippen LogP contribution in [-0.2, 0) is 11.3 Å². The Balaban J connectivity index is 1.36. The molecule has 0 spiro atoms. The Labute approximate surface area is 125 Å². The molecule has 1 aliphatic heterocycles. The molecule has 0 amide bonds. The Morgan fingerprint density at radius 3 is 2.76 bits per heavy atom. The first kappa shape index (κ1) is 13.0. The van der Waals surface area contributed by atoms with Crippen molar-refractivity contribution >= 4 is 0 Å². The lowest BCUT2D eigenvalue weighted by molar-refractivity contribution is 0.0809. The number of aromatic nitrogens is 2. The highest BCUT2D eigenvalue weighted by Crippen LogP contribution is 2.38. The van der Waals surface area contributed by atoms with Gasteiger partial charge in [0.15, 0.2) is 0 Å². The molecule has 21 heavy (non-hydrogen) atoms. The third kappa shape index (κ3) is 2.87. The Morgan fingerprint density at radius 2 is 2.05 bits per heavy atom. The second kappa shape index (κ2) is 5.62. The van der Waals surface area contributed by atoms with E-state index in [1.165, 1.54) is 18.4 Å². The second-order valence-electron chi connectivity index (χ2n) is 6.07. The third-order valence-electron chi connectivity index (χ3n) is 4.50. The maximum absolute atomic E-state index is 5.87. The summed E-state index contributed by atoms with van der Waals surface area (Å²) in [4.78, 5) is 0. The van der Waals surface area contributed by atoms with Crippen LogP contribution in [0.15, 0.2) is 42.7 Å². The van der Waals surface area contributed by atoms with Crippen molar-refractivity contribution < 1.29 is 4.74 Å². The van der Waals surface area contributed by atoms with Crippen LogP contribution < -0.4 is 5.32 Å². The van der Waals surface area contributed by atoms with Gasteiger partial charge in [-0.1, -0.05) is 12.1 Å². The summed E-state index contributed by atoms with van der Waals surface area (Å²) < 4.78 is 7.75. The molecule has 1 aromatic heterocycles. The molecule has 4 nitrogen and oxygen atoms in total. The summed E-state index contributed by atoms with van der Waals surface area (Å²) in [6, 6.07) is 11.1. The Morgan fingerprint density at radius 1 is 1.19 bits per heavy atom. The summed E-state index contributed by atoms with van der Waals surface area (Å²) in [6.07, 6.45) is 8.06. The minimum Gasteiger partial charge on any atom is -0.376 e. The van der Waals surface area contributed by atoms with Crippen LogP contribution in [0.25, 0.3) is 5.69 Å². The van der Waals surface area contributed by atoms with Crippen molar-refractivity contribution in [2.45, 2.75) is 38.0 Å². The van der Waals surface area contributed by atoms with Crippen molar-refractivity contribution in [3.63, 3.8) is 0 Å². The average molecular weight is 283 g/mol. The maximum atomic E-state index is 5.87. The number of nitrogens with zero attached hydrogens (tertiary/aromatic N) is 2. The van der Waals surface area contributed by atoms with E-state index in [1.54, 1.807) is 6.20 Å². The van der Waals surface area contributed by atoms with Gasteiger partial charge in [-0.2, -0.15) is 5.10 Å². The molecule has 1 N–H and O–H groups in total. The molecule has 0 bridgehead atoms. The molecule has 110 valence electrons. The molecule has 2 heterocycles. The highest BCUT2D eigenvalue weighted by Gasteiger charge is 2.40. The number of ether oxygens (including phenoxy) is 1. The fourth-order valence-corrected chi connectivity index (χ4v) is 3.16.